The van der Waals surface area contributed by atoms with E-state index < -0.39 is 0 Å². The van der Waals surface area contributed by atoms with Gasteiger partial charge in [-0.3, -0.25) is 0 Å². The van der Waals surface area contributed by atoms with Crippen molar-refractivity contribution in [2.24, 2.45) is 0 Å². The zero-order chi connectivity index (χ0) is 9.97. The van der Waals surface area contributed by atoms with Crippen LogP contribution in [0.1, 0.15) is 36.5 Å². The first kappa shape index (κ1) is 10.5. The van der Waals surface area contributed by atoms with Gasteiger partial charge in [0.1, 0.15) is 0 Å². The molecule has 1 aromatic rings. The molecular weight excluding hydrogens is 212 g/mol. The van der Waals surface area contributed by atoms with Crippen molar-refractivity contribution in [1.82, 2.24) is 10.3 Å². The second-order valence-electron chi connectivity index (χ2n) is 3.85. The van der Waals surface area contributed by atoms with Gasteiger partial charge in [-0.2, -0.15) is 11.8 Å². The van der Waals surface area contributed by atoms with Crippen LogP contribution in [0.3, 0.4) is 0 Å². The number of thiazole rings is 1. The molecule has 1 unspecified atom stereocenters. The highest BCUT2D eigenvalue weighted by molar-refractivity contribution is 7.99. The fourth-order valence-corrected chi connectivity index (χ4v) is 3.32. The molecule has 0 bridgehead atoms. The largest absolute Gasteiger partial charge is 0.307 e. The normalized spacial score (nSPS) is 22.9. The summed E-state index contributed by atoms with van der Waals surface area (Å²) in [6, 6.07) is 0.484. The Bertz CT molecular complexity index is 290. The van der Waals surface area contributed by atoms with E-state index >= 15 is 0 Å². The van der Waals surface area contributed by atoms with E-state index in [4.69, 9.17) is 0 Å². The van der Waals surface area contributed by atoms with Gasteiger partial charge in [-0.05, 0) is 0 Å². The average molecular weight is 228 g/mol. The highest BCUT2D eigenvalue weighted by Crippen LogP contribution is 2.26. The molecule has 2 rings (SSSR count). The van der Waals surface area contributed by atoms with E-state index in [0.717, 1.165) is 6.54 Å². The number of aromatic nitrogens is 1. The smallest absolute Gasteiger partial charge is 0.0954 e. The van der Waals surface area contributed by atoms with E-state index in [1.807, 2.05) is 11.8 Å². The first-order chi connectivity index (χ1) is 6.77. The van der Waals surface area contributed by atoms with Crippen molar-refractivity contribution >= 4 is 23.1 Å². The first-order valence-electron chi connectivity index (χ1n) is 5.04. The Kier molecular flexibility index (Phi) is 3.47. The third-order valence-electron chi connectivity index (χ3n) is 2.31. The van der Waals surface area contributed by atoms with E-state index in [-0.39, 0.29) is 0 Å². The molecule has 1 aliphatic heterocycles. The quantitative estimate of drug-likeness (QED) is 0.842. The molecule has 1 atom stereocenters. The van der Waals surface area contributed by atoms with Crippen molar-refractivity contribution in [3.63, 3.8) is 0 Å². The lowest BCUT2D eigenvalue weighted by molar-refractivity contribution is 0.581. The lowest BCUT2D eigenvalue weighted by Gasteiger charge is -2.21. The molecule has 1 aromatic heterocycles. The summed E-state index contributed by atoms with van der Waals surface area (Å²) in [7, 11) is 0. The summed E-state index contributed by atoms with van der Waals surface area (Å²) >= 11 is 3.81. The minimum absolute atomic E-state index is 0.484. The predicted octanol–water partition coefficient (Wildman–Crippen LogP) is 2.64. The molecular formula is C10H16N2S2. The van der Waals surface area contributed by atoms with Crippen molar-refractivity contribution in [2.45, 2.75) is 25.8 Å². The molecule has 1 fully saturated rings. The van der Waals surface area contributed by atoms with E-state index in [1.165, 1.54) is 22.2 Å². The van der Waals surface area contributed by atoms with Crippen LogP contribution in [0.25, 0.3) is 0 Å². The Balaban J connectivity index is 2.07. The van der Waals surface area contributed by atoms with E-state index in [2.05, 4.69) is 29.5 Å². The number of nitrogens with zero attached hydrogens (tertiary/aromatic N) is 1. The number of nitrogens with one attached hydrogen (secondary N) is 1. The van der Waals surface area contributed by atoms with Crippen LogP contribution in [0, 0.1) is 0 Å². The lowest BCUT2D eigenvalue weighted by Crippen LogP contribution is -2.30. The summed E-state index contributed by atoms with van der Waals surface area (Å²) in [6.45, 7) is 5.52. The summed E-state index contributed by atoms with van der Waals surface area (Å²) in [4.78, 5) is 4.68. The zero-order valence-corrected chi connectivity index (χ0v) is 10.3. The Hall–Kier alpha value is -0.0600. The monoisotopic (exact) mass is 228 g/mol. The number of hydrogen-bond donors (Lipinski definition) is 1. The topological polar surface area (TPSA) is 24.9 Å². The van der Waals surface area contributed by atoms with Gasteiger partial charge in [0, 0.05) is 29.3 Å². The van der Waals surface area contributed by atoms with E-state index in [9.17, 15) is 0 Å². The van der Waals surface area contributed by atoms with Gasteiger partial charge in [0.05, 0.1) is 16.7 Å². The molecule has 1 aliphatic rings. The predicted molar refractivity (Wildman–Crippen MR) is 64.3 cm³/mol. The Labute approximate surface area is 93.5 Å². The summed E-state index contributed by atoms with van der Waals surface area (Å²) in [6.07, 6.45) is 0. The molecule has 2 nitrogen and oxygen atoms in total. The fraction of sp³-hybridized carbons (Fsp3) is 0.700. The lowest BCUT2D eigenvalue weighted by atomic mass is 10.2. The van der Waals surface area contributed by atoms with Gasteiger partial charge in [-0.25, -0.2) is 4.98 Å². The molecule has 0 aromatic carbocycles. The van der Waals surface area contributed by atoms with Crippen molar-refractivity contribution < 1.29 is 0 Å². The molecule has 0 amide bonds. The maximum atomic E-state index is 4.68. The maximum Gasteiger partial charge on any atom is 0.0954 e. The molecule has 0 aliphatic carbocycles. The van der Waals surface area contributed by atoms with Crippen LogP contribution in [0.2, 0.25) is 0 Å². The van der Waals surface area contributed by atoms with Crippen LogP contribution in [0.4, 0.5) is 0 Å². The molecule has 0 spiro atoms. The van der Waals surface area contributed by atoms with Gasteiger partial charge >= 0.3 is 0 Å². The van der Waals surface area contributed by atoms with Gasteiger partial charge in [-0.15, -0.1) is 11.3 Å². The molecule has 14 heavy (non-hydrogen) atoms. The second-order valence-corrected chi connectivity index (χ2v) is 5.89. The summed E-state index contributed by atoms with van der Waals surface area (Å²) in [5.74, 6) is 2.96. The highest BCUT2D eigenvalue weighted by Gasteiger charge is 2.18. The fourth-order valence-electron chi connectivity index (χ4n) is 1.48. The van der Waals surface area contributed by atoms with Gasteiger partial charge in [0.2, 0.25) is 0 Å². The molecule has 78 valence electrons. The Morgan fingerprint density at radius 2 is 2.43 bits per heavy atom. The van der Waals surface area contributed by atoms with Crippen LogP contribution in [0.5, 0.6) is 0 Å². The maximum absolute atomic E-state index is 4.68. The first-order valence-corrected chi connectivity index (χ1v) is 7.07. The van der Waals surface area contributed by atoms with Crippen LogP contribution >= 0.6 is 23.1 Å². The third kappa shape index (κ3) is 2.30. The Morgan fingerprint density at radius 3 is 3.00 bits per heavy atom. The molecule has 1 N–H and O–H groups in total. The van der Waals surface area contributed by atoms with Crippen molar-refractivity contribution in [2.75, 3.05) is 18.1 Å². The molecule has 1 saturated heterocycles. The van der Waals surface area contributed by atoms with E-state index in [1.54, 1.807) is 11.3 Å². The van der Waals surface area contributed by atoms with Crippen LogP contribution in [-0.2, 0) is 0 Å². The van der Waals surface area contributed by atoms with Crippen LogP contribution in [0.15, 0.2) is 5.38 Å². The Morgan fingerprint density at radius 1 is 1.57 bits per heavy atom. The van der Waals surface area contributed by atoms with Gasteiger partial charge in [-0.1, -0.05) is 13.8 Å². The standard InChI is InChI=1S/C10H16N2S2/c1-7(2)10-12-9(6-14-10)8-5-13-4-3-11-8/h6-8,11H,3-5H2,1-2H3. The summed E-state index contributed by atoms with van der Waals surface area (Å²) in [5.41, 5.74) is 1.24. The van der Waals surface area contributed by atoms with Crippen LogP contribution < -0.4 is 5.32 Å². The van der Waals surface area contributed by atoms with E-state index in [0.29, 0.717) is 12.0 Å². The molecule has 2 heterocycles. The molecule has 0 radical (unpaired) electrons. The highest BCUT2D eigenvalue weighted by atomic mass is 32.2. The van der Waals surface area contributed by atoms with Gasteiger partial charge in [0.25, 0.3) is 0 Å². The van der Waals surface area contributed by atoms with Crippen LogP contribution in [-0.4, -0.2) is 23.0 Å². The second kappa shape index (κ2) is 4.64. The van der Waals surface area contributed by atoms with Gasteiger partial charge in [0.15, 0.2) is 0 Å². The number of thioether (sulfide) groups is 1. The van der Waals surface area contributed by atoms with Crippen molar-refractivity contribution in [3.8, 4) is 0 Å². The number of rotatable bonds is 2. The number of hydrogen-bond acceptors (Lipinski definition) is 4. The molecule has 4 heteroatoms. The van der Waals surface area contributed by atoms with Crippen molar-refractivity contribution in [3.05, 3.63) is 16.1 Å². The SMILES string of the molecule is CC(C)c1nc(C2CSCCN2)cs1. The third-order valence-corrected chi connectivity index (χ3v) is 4.54. The zero-order valence-electron chi connectivity index (χ0n) is 8.62. The molecule has 0 saturated carbocycles. The minimum atomic E-state index is 0.484. The average Bonchev–Trinajstić information content (AvgIpc) is 2.68. The van der Waals surface area contributed by atoms with Crippen molar-refractivity contribution in [1.29, 1.82) is 0 Å². The van der Waals surface area contributed by atoms with Gasteiger partial charge < -0.3 is 5.32 Å². The summed E-state index contributed by atoms with van der Waals surface area (Å²) < 4.78 is 0. The minimum Gasteiger partial charge on any atom is -0.307 e. The summed E-state index contributed by atoms with van der Waals surface area (Å²) in [5, 5.41) is 6.98.